The third-order valence-corrected chi connectivity index (χ3v) is 3.42. The molecule has 4 heteroatoms. The van der Waals surface area contributed by atoms with Gasteiger partial charge in [-0.3, -0.25) is 9.59 Å². The van der Waals surface area contributed by atoms with E-state index in [4.69, 9.17) is 5.11 Å². The smallest absolute Gasteiger partial charge is 0.309 e. The second kappa shape index (κ2) is 5.74. The summed E-state index contributed by atoms with van der Waals surface area (Å²) in [5.74, 6) is -0.996. The molecule has 0 aliphatic carbocycles. The van der Waals surface area contributed by atoms with Crippen molar-refractivity contribution < 1.29 is 14.7 Å². The number of carbonyl (C=O) groups is 2. The van der Waals surface area contributed by atoms with E-state index < -0.39 is 5.97 Å². The number of benzene rings is 1. The van der Waals surface area contributed by atoms with Crippen molar-refractivity contribution >= 4 is 11.8 Å². The summed E-state index contributed by atoms with van der Waals surface area (Å²) in [7, 11) is 1.71. The molecule has 1 aromatic carbocycles. The molecule has 0 unspecified atom stereocenters. The SMILES string of the molecule is CCc1ccc(C(=O)c2ccc(CC(=O)O)n2C)cc1. The van der Waals surface area contributed by atoms with Crippen molar-refractivity contribution in [2.75, 3.05) is 0 Å². The van der Waals surface area contributed by atoms with Crippen LogP contribution in [0, 0.1) is 0 Å². The largest absolute Gasteiger partial charge is 0.481 e. The average Bonchev–Trinajstić information content (AvgIpc) is 2.79. The monoisotopic (exact) mass is 271 g/mol. The molecule has 2 aromatic rings. The highest BCUT2D eigenvalue weighted by atomic mass is 16.4. The number of aliphatic carboxylic acids is 1. The molecule has 0 bridgehead atoms. The van der Waals surface area contributed by atoms with Crippen LogP contribution >= 0.6 is 0 Å². The molecule has 0 aliphatic rings. The molecule has 0 aliphatic heterocycles. The Morgan fingerprint density at radius 1 is 1.10 bits per heavy atom. The number of ketones is 1. The van der Waals surface area contributed by atoms with E-state index in [1.807, 2.05) is 24.3 Å². The maximum absolute atomic E-state index is 12.4. The van der Waals surface area contributed by atoms with Gasteiger partial charge in [-0.15, -0.1) is 0 Å². The molecule has 0 saturated heterocycles. The molecule has 0 saturated carbocycles. The number of aromatic nitrogens is 1. The molecule has 0 amide bonds. The number of aryl methyl sites for hydroxylation is 1. The summed E-state index contributed by atoms with van der Waals surface area (Å²) in [6.07, 6.45) is 0.847. The van der Waals surface area contributed by atoms with E-state index in [1.54, 1.807) is 23.7 Å². The van der Waals surface area contributed by atoms with Crippen molar-refractivity contribution in [2.24, 2.45) is 7.05 Å². The molecule has 1 N–H and O–H groups in total. The van der Waals surface area contributed by atoms with E-state index in [0.29, 0.717) is 17.0 Å². The number of carbonyl (C=O) groups excluding carboxylic acids is 1. The highest BCUT2D eigenvalue weighted by Crippen LogP contribution is 2.14. The summed E-state index contributed by atoms with van der Waals surface area (Å²) in [6.45, 7) is 2.06. The second-order valence-corrected chi connectivity index (χ2v) is 4.72. The van der Waals surface area contributed by atoms with Gasteiger partial charge in [0.05, 0.1) is 12.1 Å². The Morgan fingerprint density at radius 3 is 2.30 bits per heavy atom. The zero-order valence-corrected chi connectivity index (χ0v) is 11.6. The molecular weight excluding hydrogens is 254 g/mol. The fraction of sp³-hybridized carbons (Fsp3) is 0.250. The van der Waals surface area contributed by atoms with Gasteiger partial charge in [0.1, 0.15) is 0 Å². The van der Waals surface area contributed by atoms with E-state index in [2.05, 4.69) is 6.92 Å². The molecular formula is C16H17NO3. The van der Waals surface area contributed by atoms with Crippen LogP contribution in [0.25, 0.3) is 0 Å². The second-order valence-electron chi connectivity index (χ2n) is 4.72. The first-order valence-corrected chi connectivity index (χ1v) is 6.53. The number of hydrogen-bond donors (Lipinski definition) is 1. The number of nitrogens with zero attached hydrogens (tertiary/aromatic N) is 1. The Morgan fingerprint density at radius 2 is 1.75 bits per heavy atom. The predicted molar refractivity (Wildman–Crippen MR) is 76.0 cm³/mol. The Labute approximate surface area is 117 Å². The number of carboxylic acid groups (broad SMARTS) is 1. The van der Waals surface area contributed by atoms with Gasteiger partial charge >= 0.3 is 5.97 Å². The first kappa shape index (κ1) is 14.1. The Balaban J connectivity index is 2.28. The molecule has 104 valence electrons. The van der Waals surface area contributed by atoms with Gasteiger partial charge in [0.25, 0.3) is 0 Å². The van der Waals surface area contributed by atoms with Crippen molar-refractivity contribution in [3.05, 3.63) is 58.9 Å². The van der Waals surface area contributed by atoms with Crippen molar-refractivity contribution in [3.63, 3.8) is 0 Å². The lowest BCUT2D eigenvalue weighted by atomic mass is 10.1. The Kier molecular flexibility index (Phi) is 4.03. The summed E-state index contributed by atoms with van der Waals surface area (Å²) in [5.41, 5.74) is 2.92. The van der Waals surface area contributed by atoms with Crippen molar-refractivity contribution in [1.29, 1.82) is 0 Å². The first-order chi connectivity index (χ1) is 9.52. The quantitative estimate of drug-likeness (QED) is 0.850. The summed E-state index contributed by atoms with van der Waals surface area (Å²) < 4.78 is 1.64. The standard InChI is InChI=1S/C16H17NO3/c1-3-11-4-6-12(7-5-11)16(20)14-9-8-13(17(14)2)10-15(18)19/h4-9H,3,10H2,1-2H3,(H,18,19). The number of rotatable bonds is 5. The van der Waals surface area contributed by atoms with Gasteiger partial charge in [-0.05, 0) is 24.1 Å². The van der Waals surface area contributed by atoms with Crippen LogP contribution in [0.3, 0.4) is 0 Å². The molecule has 0 spiro atoms. The highest BCUT2D eigenvalue weighted by Gasteiger charge is 2.15. The van der Waals surface area contributed by atoms with E-state index in [9.17, 15) is 9.59 Å². The number of carboxylic acids is 1. The molecule has 0 fully saturated rings. The first-order valence-electron chi connectivity index (χ1n) is 6.53. The summed E-state index contributed by atoms with van der Waals surface area (Å²) in [4.78, 5) is 23.1. The Bertz CT molecular complexity index is 638. The molecule has 4 nitrogen and oxygen atoms in total. The van der Waals surface area contributed by atoms with Crippen LogP contribution in [0.5, 0.6) is 0 Å². The third kappa shape index (κ3) is 2.79. The van der Waals surface area contributed by atoms with Crippen LogP contribution in [0.2, 0.25) is 0 Å². The van der Waals surface area contributed by atoms with Crippen molar-refractivity contribution in [3.8, 4) is 0 Å². The summed E-state index contributed by atoms with van der Waals surface area (Å²) in [5, 5.41) is 8.82. The fourth-order valence-corrected chi connectivity index (χ4v) is 2.15. The van der Waals surface area contributed by atoms with E-state index in [1.165, 1.54) is 5.56 Å². The Hall–Kier alpha value is -2.36. The van der Waals surface area contributed by atoms with E-state index in [-0.39, 0.29) is 12.2 Å². The minimum Gasteiger partial charge on any atom is -0.481 e. The molecule has 1 aromatic heterocycles. The zero-order valence-electron chi connectivity index (χ0n) is 11.6. The molecule has 0 atom stereocenters. The molecule has 20 heavy (non-hydrogen) atoms. The van der Waals surface area contributed by atoms with Crippen molar-refractivity contribution in [1.82, 2.24) is 4.57 Å². The topological polar surface area (TPSA) is 59.3 Å². The van der Waals surface area contributed by atoms with E-state index >= 15 is 0 Å². The average molecular weight is 271 g/mol. The van der Waals surface area contributed by atoms with E-state index in [0.717, 1.165) is 6.42 Å². The van der Waals surface area contributed by atoms with Crippen molar-refractivity contribution in [2.45, 2.75) is 19.8 Å². The lowest BCUT2D eigenvalue weighted by Gasteiger charge is -2.06. The van der Waals surface area contributed by atoms with Gasteiger partial charge in [-0.25, -0.2) is 0 Å². The maximum Gasteiger partial charge on any atom is 0.309 e. The maximum atomic E-state index is 12.4. The minimum absolute atomic E-state index is 0.0848. The summed E-state index contributed by atoms with van der Waals surface area (Å²) >= 11 is 0. The van der Waals surface area contributed by atoms with Gasteiger partial charge in [0.15, 0.2) is 0 Å². The van der Waals surface area contributed by atoms with Crippen LogP contribution in [-0.4, -0.2) is 21.4 Å². The molecule has 1 heterocycles. The highest BCUT2D eigenvalue weighted by molar-refractivity contribution is 6.08. The van der Waals surface area contributed by atoms with Gasteiger partial charge in [-0.1, -0.05) is 31.2 Å². The predicted octanol–water partition coefficient (Wildman–Crippen LogP) is 2.45. The molecule has 0 radical (unpaired) electrons. The molecule has 2 rings (SSSR count). The van der Waals surface area contributed by atoms with Gasteiger partial charge < -0.3 is 9.67 Å². The summed E-state index contributed by atoms with van der Waals surface area (Å²) in [6, 6.07) is 10.9. The fourth-order valence-electron chi connectivity index (χ4n) is 2.15. The minimum atomic E-state index is -0.905. The normalized spacial score (nSPS) is 10.5. The van der Waals surface area contributed by atoms with Crippen LogP contribution in [-0.2, 0) is 24.7 Å². The zero-order chi connectivity index (χ0) is 14.7. The van der Waals surface area contributed by atoms with Crippen LogP contribution in [0.4, 0.5) is 0 Å². The van der Waals surface area contributed by atoms with Crippen LogP contribution in [0.1, 0.15) is 34.2 Å². The van der Waals surface area contributed by atoms with Crippen LogP contribution in [0.15, 0.2) is 36.4 Å². The third-order valence-electron chi connectivity index (χ3n) is 3.42. The van der Waals surface area contributed by atoms with Gasteiger partial charge in [0, 0.05) is 18.3 Å². The van der Waals surface area contributed by atoms with Gasteiger partial charge in [-0.2, -0.15) is 0 Å². The number of hydrogen-bond acceptors (Lipinski definition) is 2. The van der Waals surface area contributed by atoms with Crippen LogP contribution < -0.4 is 0 Å². The van der Waals surface area contributed by atoms with Gasteiger partial charge in [0.2, 0.25) is 5.78 Å². The lowest BCUT2D eigenvalue weighted by molar-refractivity contribution is -0.136. The lowest BCUT2D eigenvalue weighted by Crippen LogP contribution is -2.11.